The van der Waals surface area contributed by atoms with Crippen LogP contribution in [-0.4, -0.2) is 21.4 Å². The van der Waals surface area contributed by atoms with Gasteiger partial charge in [0.1, 0.15) is 0 Å². The lowest BCUT2D eigenvalue weighted by atomic mass is 10.1. The van der Waals surface area contributed by atoms with Crippen LogP contribution < -0.4 is 10.0 Å². The quantitative estimate of drug-likeness (QED) is 0.881. The molecular weight excluding hydrogens is 312 g/mol. The maximum absolute atomic E-state index is 12.2. The molecule has 0 fully saturated rings. The van der Waals surface area contributed by atoms with E-state index in [1.807, 2.05) is 26.0 Å². The van der Waals surface area contributed by atoms with Crippen LogP contribution in [-0.2, 0) is 16.6 Å². The summed E-state index contributed by atoms with van der Waals surface area (Å²) in [6, 6.07) is 11.9. The Labute approximate surface area is 136 Å². The minimum atomic E-state index is -3.49. The van der Waals surface area contributed by atoms with E-state index in [2.05, 4.69) is 16.1 Å². The Hall–Kier alpha value is -2.18. The zero-order chi connectivity index (χ0) is 17.0. The molecule has 23 heavy (non-hydrogen) atoms. The number of sulfonamides is 1. The molecule has 0 radical (unpaired) electrons. The van der Waals surface area contributed by atoms with Gasteiger partial charge in [0.15, 0.2) is 0 Å². The van der Waals surface area contributed by atoms with Gasteiger partial charge < -0.3 is 5.32 Å². The van der Waals surface area contributed by atoms with Gasteiger partial charge in [-0.15, -0.1) is 0 Å². The topological polar surface area (TPSA) is 75.3 Å². The van der Waals surface area contributed by atoms with Crippen molar-refractivity contribution in [2.45, 2.75) is 25.3 Å². The number of benzene rings is 2. The summed E-state index contributed by atoms with van der Waals surface area (Å²) in [6.07, 6.45) is 0. The van der Waals surface area contributed by atoms with Crippen molar-refractivity contribution in [2.24, 2.45) is 0 Å². The van der Waals surface area contributed by atoms with Crippen molar-refractivity contribution in [2.75, 3.05) is 7.05 Å². The first-order valence-corrected chi connectivity index (χ1v) is 8.70. The van der Waals surface area contributed by atoms with Crippen molar-refractivity contribution in [3.05, 3.63) is 64.7 Å². The molecule has 2 rings (SSSR count). The first-order chi connectivity index (χ1) is 10.8. The molecule has 2 aromatic rings. The third-order valence-corrected chi connectivity index (χ3v) is 5.06. The molecule has 1 amide bonds. The van der Waals surface area contributed by atoms with Crippen molar-refractivity contribution < 1.29 is 13.2 Å². The lowest BCUT2D eigenvalue weighted by molar-refractivity contribution is 0.0951. The standard InChI is InChI=1S/C17H20N2O3S/c1-12-4-5-15(13(2)10-12)11-19-17(20)14-6-8-16(9-7-14)23(21,22)18-3/h4-10,18H,11H2,1-3H3,(H,19,20). The summed E-state index contributed by atoms with van der Waals surface area (Å²) in [5.41, 5.74) is 3.78. The number of aryl methyl sites for hydroxylation is 2. The number of carbonyl (C=O) groups excluding carboxylic acids is 1. The van der Waals surface area contributed by atoms with Gasteiger partial charge in [-0.2, -0.15) is 0 Å². The van der Waals surface area contributed by atoms with E-state index in [0.717, 1.165) is 11.1 Å². The molecule has 5 nitrogen and oxygen atoms in total. The SMILES string of the molecule is CNS(=O)(=O)c1ccc(C(=O)NCc2ccc(C)cc2C)cc1. The second-order valence-corrected chi connectivity index (χ2v) is 7.23. The predicted molar refractivity (Wildman–Crippen MR) is 89.8 cm³/mol. The fraction of sp³-hybridized carbons (Fsp3) is 0.235. The Morgan fingerprint density at radius 3 is 2.26 bits per heavy atom. The van der Waals surface area contributed by atoms with E-state index < -0.39 is 10.0 Å². The zero-order valence-electron chi connectivity index (χ0n) is 13.4. The summed E-state index contributed by atoms with van der Waals surface area (Å²) in [7, 11) is -2.14. The summed E-state index contributed by atoms with van der Waals surface area (Å²) in [4.78, 5) is 12.3. The Balaban J connectivity index is 2.06. The molecule has 0 saturated carbocycles. The number of nitrogens with one attached hydrogen (secondary N) is 2. The summed E-state index contributed by atoms with van der Waals surface area (Å²) in [5, 5.41) is 2.84. The molecule has 0 aliphatic rings. The van der Waals surface area contributed by atoms with Gasteiger partial charge in [-0.3, -0.25) is 4.79 Å². The molecule has 0 spiro atoms. The summed E-state index contributed by atoms with van der Waals surface area (Å²) < 4.78 is 25.5. The van der Waals surface area contributed by atoms with Gasteiger partial charge in [0.2, 0.25) is 10.0 Å². The molecule has 0 atom stereocenters. The van der Waals surface area contributed by atoms with Crippen LogP contribution in [0, 0.1) is 13.8 Å². The molecule has 6 heteroatoms. The Kier molecular flexibility index (Phi) is 5.18. The minimum absolute atomic E-state index is 0.130. The number of hydrogen-bond donors (Lipinski definition) is 2. The third kappa shape index (κ3) is 4.18. The van der Waals surface area contributed by atoms with Crippen molar-refractivity contribution >= 4 is 15.9 Å². The highest BCUT2D eigenvalue weighted by Gasteiger charge is 2.12. The van der Waals surface area contributed by atoms with Crippen molar-refractivity contribution in [1.82, 2.24) is 10.0 Å². The number of amides is 1. The lowest BCUT2D eigenvalue weighted by Crippen LogP contribution is -2.23. The van der Waals surface area contributed by atoms with Crippen LogP contribution in [0.3, 0.4) is 0 Å². The Bertz CT molecular complexity index is 812. The van der Waals surface area contributed by atoms with E-state index in [9.17, 15) is 13.2 Å². The third-order valence-electron chi connectivity index (χ3n) is 3.63. The maximum atomic E-state index is 12.2. The number of hydrogen-bond acceptors (Lipinski definition) is 3. The smallest absolute Gasteiger partial charge is 0.251 e. The molecule has 0 bridgehead atoms. The van der Waals surface area contributed by atoms with Gasteiger partial charge in [-0.1, -0.05) is 23.8 Å². The van der Waals surface area contributed by atoms with E-state index in [4.69, 9.17) is 0 Å². The minimum Gasteiger partial charge on any atom is -0.348 e. The summed E-state index contributed by atoms with van der Waals surface area (Å²) >= 11 is 0. The maximum Gasteiger partial charge on any atom is 0.251 e. The van der Waals surface area contributed by atoms with E-state index in [-0.39, 0.29) is 10.8 Å². The predicted octanol–water partition coefficient (Wildman–Crippen LogP) is 2.14. The molecule has 2 aromatic carbocycles. The number of rotatable bonds is 5. The second kappa shape index (κ2) is 6.93. The van der Waals surface area contributed by atoms with Crippen LogP contribution in [0.4, 0.5) is 0 Å². The zero-order valence-corrected chi connectivity index (χ0v) is 14.2. The highest BCUT2D eigenvalue weighted by Crippen LogP contribution is 2.12. The molecule has 2 N–H and O–H groups in total. The van der Waals surface area contributed by atoms with Crippen LogP contribution >= 0.6 is 0 Å². The average molecular weight is 332 g/mol. The first-order valence-electron chi connectivity index (χ1n) is 7.21. The highest BCUT2D eigenvalue weighted by atomic mass is 32.2. The average Bonchev–Trinajstić information content (AvgIpc) is 2.54. The van der Waals surface area contributed by atoms with E-state index in [1.165, 1.54) is 36.9 Å². The molecule has 0 aliphatic heterocycles. The van der Waals surface area contributed by atoms with Gasteiger partial charge in [0.05, 0.1) is 4.90 Å². The fourth-order valence-electron chi connectivity index (χ4n) is 2.23. The Morgan fingerprint density at radius 2 is 1.70 bits per heavy atom. The monoisotopic (exact) mass is 332 g/mol. The molecular formula is C17H20N2O3S. The van der Waals surface area contributed by atoms with Gasteiger partial charge in [0, 0.05) is 12.1 Å². The van der Waals surface area contributed by atoms with Crippen LogP contribution in [0.1, 0.15) is 27.0 Å². The molecule has 0 heterocycles. The van der Waals surface area contributed by atoms with Crippen LogP contribution in [0.5, 0.6) is 0 Å². The van der Waals surface area contributed by atoms with Crippen molar-refractivity contribution in [3.8, 4) is 0 Å². The second-order valence-electron chi connectivity index (χ2n) is 5.34. The van der Waals surface area contributed by atoms with Crippen molar-refractivity contribution in [1.29, 1.82) is 0 Å². The molecule has 0 unspecified atom stereocenters. The van der Waals surface area contributed by atoms with Crippen LogP contribution in [0.2, 0.25) is 0 Å². The largest absolute Gasteiger partial charge is 0.348 e. The lowest BCUT2D eigenvalue weighted by Gasteiger charge is -2.09. The van der Waals surface area contributed by atoms with E-state index in [1.54, 1.807) is 0 Å². The van der Waals surface area contributed by atoms with Gasteiger partial charge in [0.25, 0.3) is 5.91 Å². The molecule has 0 aliphatic carbocycles. The van der Waals surface area contributed by atoms with Crippen LogP contribution in [0.15, 0.2) is 47.4 Å². The van der Waals surface area contributed by atoms with E-state index in [0.29, 0.717) is 12.1 Å². The summed E-state index contributed by atoms with van der Waals surface area (Å²) in [5.74, 6) is -0.238. The molecule has 122 valence electrons. The fourth-order valence-corrected chi connectivity index (χ4v) is 2.96. The highest BCUT2D eigenvalue weighted by molar-refractivity contribution is 7.89. The number of carbonyl (C=O) groups is 1. The molecule has 0 saturated heterocycles. The van der Waals surface area contributed by atoms with Gasteiger partial charge >= 0.3 is 0 Å². The van der Waals surface area contributed by atoms with Crippen molar-refractivity contribution in [3.63, 3.8) is 0 Å². The normalized spacial score (nSPS) is 11.3. The van der Waals surface area contributed by atoms with Gasteiger partial charge in [-0.05, 0) is 56.3 Å². The van der Waals surface area contributed by atoms with E-state index >= 15 is 0 Å². The summed E-state index contributed by atoms with van der Waals surface area (Å²) in [6.45, 7) is 4.46. The molecule has 0 aromatic heterocycles. The Morgan fingerprint density at radius 1 is 1.04 bits per heavy atom. The van der Waals surface area contributed by atoms with Crippen LogP contribution in [0.25, 0.3) is 0 Å². The van der Waals surface area contributed by atoms with Gasteiger partial charge in [-0.25, -0.2) is 13.1 Å². The first kappa shape index (κ1) is 17.2.